The van der Waals surface area contributed by atoms with Crippen molar-refractivity contribution in [2.24, 2.45) is 0 Å². The molecule has 0 saturated heterocycles. The van der Waals surface area contributed by atoms with Crippen molar-refractivity contribution in [1.29, 1.82) is 0 Å². The Morgan fingerprint density at radius 2 is 1.86 bits per heavy atom. The van der Waals surface area contributed by atoms with Crippen molar-refractivity contribution in [3.05, 3.63) is 54.1 Å². The standard InChI is InChI=1S/C16H20N4O/c1-16(2,3)20-15(21)14-5-4-13(11-19-14)18-10-12-6-8-17-9-7-12/h4-9,11,18H,10H2,1-3H3,(H,20,21). The van der Waals surface area contributed by atoms with Gasteiger partial charge in [0, 0.05) is 24.5 Å². The van der Waals surface area contributed by atoms with Crippen molar-refractivity contribution in [3.63, 3.8) is 0 Å². The van der Waals surface area contributed by atoms with Crippen LogP contribution in [-0.2, 0) is 6.54 Å². The van der Waals surface area contributed by atoms with E-state index in [2.05, 4.69) is 20.6 Å². The van der Waals surface area contributed by atoms with Gasteiger partial charge in [-0.15, -0.1) is 0 Å². The monoisotopic (exact) mass is 284 g/mol. The Kier molecular flexibility index (Phi) is 4.52. The van der Waals surface area contributed by atoms with Gasteiger partial charge in [0.15, 0.2) is 0 Å². The van der Waals surface area contributed by atoms with Gasteiger partial charge in [-0.25, -0.2) is 4.98 Å². The molecule has 0 spiro atoms. The van der Waals surface area contributed by atoms with E-state index in [-0.39, 0.29) is 11.4 Å². The van der Waals surface area contributed by atoms with E-state index in [9.17, 15) is 4.79 Å². The molecule has 5 nitrogen and oxygen atoms in total. The maximum Gasteiger partial charge on any atom is 0.270 e. The molecule has 0 aliphatic carbocycles. The summed E-state index contributed by atoms with van der Waals surface area (Å²) in [5.41, 5.74) is 2.16. The normalized spacial score (nSPS) is 11.0. The van der Waals surface area contributed by atoms with E-state index < -0.39 is 0 Å². The maximum absolute atomic E-state index is 11.9. The number of hydrogen-bond acceptors (Lipinski definition) is 4. The second kappa shape index (κ2) is 6.35. The van der Waals surface area contributed by atoms with Gasteiger partial charge < -0.3 is 10.6 Å². The van der Waals surface area contributed by atoms with Gasteiger partial charge in [0.2, 0.25) is 0 Å². The van der Waals surface area contributed by atoms with Gasteiger partial charge >= 0.3 is 0 Å². The molecule has 0 saturated carbocycles. The number of carbonyl (C=O) groups is 1. The van der Waals surface area contributed by atoms with Crippen LogP contribution >= 0.6 is 0 Å². The maximum atomic E-state index is 11.9. The number of nitrogens with one attached hydrogen (secondary N) is 2. The first kappa shape index (κ1) is 15.0. The zero-order chi connectivity index (χ0) is 15.3. The summed E-state index contributed by atoms with van der Waals surface area (Å²) in [5.74, 6) is -0.164. The van der Waals surface area contributed by atoms with Gasteiger partial charge in [-0.3, -0.25) is 9.78 Å². The molecule has 5 heteroatoms. The van der Waals surface area contributed by atoms with Crippen LogP contribution in [0.25, 0.3) is 0 Å². The zero-order valence-corrected chi connectivity index (χ0v) is 12.6. The van der Waals surface area contributed by atoms with Crippen LogP contribution in [-0.4, -0.2) is 21.4 Å². The molecule has 0 aromatic carbocycles. The lowest BCUT2D eigenvalue weighted by Gasteiger charge is -2.20. The molecule has 0 unspecified atom stereocenters. The molecule has 0 radical (unpaired) electrons. The lowest BCUT2D eigenvalue weighted by molar-refractivity contribution is 0.0914. The third-order valence-corrected chi connectivity index (χ3v) is 2.73. The van der Waals surface area contributed by atoms with Crippen molar-refractivity contribution in [2.45, 2.75) is 32.9 Å². The van der Waals surface area contributed by atoms with E-state index in [1.54, 1.807) is 24.7 Å². The van der Waals surface area contributed by atoms with Crippen molar-refractivity contribution < 1.29 is 4.79 Å². The minimum absolute atomic E-state index is 0.164. The van der Waals surface area contributed by atoms with Crippen molar-refractivity contribution in [3.8, 4) is 0 Å². The summed E-state index contributed by atoms with van der Waals surface area (Å²) in [6.45, 7) is 6.51. The topological polar surface area (TPSA) is 66.9 Å². The summed E-state index contributed by atoms with van der Waals surface area (Å²) in [6.07, 6.45) is 5.18. The Morgan fingerprint density at radius 3 is 2.43 bits per heavy atom. The van der Waals surface area contributed by atoms with E-state index >= 15 is 0 Å². The number of nitrogens with zero attached hydrogens (tertiary/aromatic N) is 2. The Bertz CT molecular complexity index is 588. The Balaban J connectivity index is 1.94. The van der Waals surface area contributed by atoms with Crippen LogP contribution in [0, 0.1) is 0 Å². The number of hydrogen-bond donors (Lipinski definition) is 2. The minimum Gasteiger partial charge on any atom is -0.380 e. The summed E-state index contributed by atoms with van der Waals surface area (Å²) in [5, 5.41) is 6.14. The summed E-state index contributed by atoms with van der Waals surface area (Å²) in [4.78, 5) is 20.1. The van der Waals surface area contributed by atoms with Crippen LogP contribution in [0.15, 0.2) is 42.9 Å². The van der Waals surface area contributed by atoms with Crippen molar-refractivity contribution in [1.82, 2.24) is 15.3 Å². The summed E-state index contributed by atoms with van der Waals surface area (Å²) < 4.78 is 0. The lowest BCUT2D eigenvalue weighted by Crippen LogP contribution is -2.40. The molecule has 2 N–H and O–H groups in total. The third kappa shape index (κ3) is 4.87. The molecule has 0 fully saturated rings. The lowest BCUT2D eigenvalue weighted by atomic mass is 10.1. The Hall–Kier alpha value is -2.43. The fourth-order valence-corrected chi connectivity index (χ4v) is 1.74. The highest BCUT2D eigenvalue weighted by Gasteiger charge is 2.15. The second-order valence-corrected chi connectivity index (χ2v) is 5.85. The largest absolute Gasteiger partial charge is 0.380 e. The van der Waals surface area contributed by atoms with Gasteiger partial charge in [-0.05, 0) is 50.6 Å². The molecule has 0 atom stereocenters. The second-order valence-electron chi connectivity index (χ2n) is 5.85. The average molecular weight is 284 g/mol. The van der Waals surface area contributed by atoms with Gasteiger partial charge in [-0.1, -0.05) is 0 Å². The Labute approximate surface area is 124 Å². The van der Waals surface area contributed by atoms with Crippen LogP contribution in [0.5, 0.6) is 0 Å². The number of carbonyl (C=O) groups excluding carboxylic acids is 1. The first-order valence-electron chi connectivity index (χ1n) is 6.85. The molecule has 2 aromatic rings. The highest BCUT2D eigenvalue weighted by Crippen LogP contribution is 2.09. The Morgan fingerprint density at radius 1 is 1.14 bits per heavy atom. The molecule has 0 aliphatic rings. The number of amides is 1. The number of aromatic nitrogens is 2. The van der Waals surface area contributed by atoms with Gasteiger partial charge in [0.1, 0.15) is 5.69 Å². The molecule has 2 rings (SSSR count). The predicted octanol–water partition coefficient (Wildman–Crippen LogP) is 2.62. The first-order chi connectivity index (χ1) is 9.94. The van der Waals surface area contributed by atoms with Gasteiger partial charge in [0.25, 0.3) is 5.91 Å². The van der Waals surface area contributed by atoms with Crippen LogP contribution in [0.4, 0.5) is 5.69 Å². The smallest absolute Gasteiger partial charge is 0.270 e. The van der Waals surface area contributed by atoms with E-state index in [4.69, 9.17) is 0 Å². The van der Waals surface area contributed by atoms with Crippen LogP contribution in [0.1, 0.15) is 36.8 Å². The van der Waals surface area contributed by atoms with Crippen LogP contribution in [0.3, 0.4) is 0 Å². The minimum atomic E-state index is -0.267. The van der Waals surface area contributed by atoms with E-state index in [1.807, 2.05) is 39.0 Å². The van der Waals surface area contributed by atoms with Crippen molar-refractivity contribution >= 4 is 11.6 Å². The average Bonchev–Trinajstić information content (AvgIpc) is 2.45. The SMILES string of the molecule is CC(C)(C)NC(=O)c1ccc(NCc2ccncc2)cn1. The van der Waals surface area contributed by atoms with E-state index in [0.717, 1.165) is 11.3 Å². The van der Waals surface area contributed by atoms with Crippen molar-refractivity contribution in [2.75, 3.05) is 5.32 Å². The molecule has 110 valence electrons. The predicted molar refractivity (Wildman–Crippen MR) is 83.0 cm³/mol. The summed E-state index contributed by atoms with van der Waals surface area (Å²) in [6, 6.07) is 7.47. The number of rotatable bonds is 4. The van der Waals surface area contributed by atoms with E-state index in [1.165, 1.54) is 0 Å². The number of pyridine rings is 2. The van der Waals surface area contributed by atoms with Gasteiger partial charge in [0.05, 0.1) is 11.9 Å². The summed E-state index contributed by atoms with van der Waals surface area (Å²) >= 11 is 0. The first-order valence-corrected chi connectivity index (χ1v) is 6.85. The molecule has 1 amide bonds. The molecule has 2 heterocycles. The molecule has 0 bridgehead atoms. The molecule has 2 aromatic heterocycles. The fourth-order valence-electron chi connectivity index (χ4n) is 1.74. The fraction of sp³-hybridized carbons (Fsp3) is 0.312. The zero-order valence-electron chi connectivity index (χ0n) is 12.6. The molecule has 0 aliphatic heterocycles. The number of anilines is 1. The molecular formula is C16H20N4O. The molecule has 21 heavy (non-hydrogen) atoms. The molecular weight excluding hydrogens is 264 g/mol. The van der Waals surface area contributed by atoms with Crippen LogP contribution in [0.2, 0.25) is 0 Å². The van der Waals surface area contributed by atoms with Crippen LogP contribution < -0.4 is 10.6 Å². The van der Waals surface area contributed by atoms with Gasteiger partial charge in [-0.2, -0.15) is 0 Å². The highest BCUT2D eigenvalue weighted by atomic mass is 16.2. The quantitative estimate of drug-likeness (QED) is 0.905. The van der Waals surface area contributed by atoms with E-state index in [0.29, 0.717) is 12.2 Å². The third-order valence-electron chi connectivity index (χ3n) is 2.73. The summed E-state index contributed by atoms with van der Waals surface area (Å²) in [7, 11) is 0. The highest BCUT2D eigenvalue weighted by molar-refractivity contribution is 5.92.